The van der Waals surface area contributed by atoms with Crippen LogP contribution >= 0.6 is 0 Å². The quantitative estimate of drug-likeness (QED) is 0.688. The van der Waals surface area contributed by atoms with E-state index in [0.717, 1.165) is 16.7 Å². The molecule has 0 radical (unpaired) electrons. The monoisotopic (exact) mass is 294 g/mol. The maximum atomic E-state index is 12.7. The Kier molecular flexibility index (Phi) is 8.06. The van der Waals surface area contributed by atoms with Gasteiger partial charge in [-0.15, -0.1) is 0 Å². The summed E-state index contributed by atoms with van der Waals surface area (Å²) in [5.74, 6) is -0.660. The first-order valence-corrected chi connectivity index (χ1v) is 6.85. The molecule has 4 heteroatoms. The number of rotatable bonds is 0. The van der Waals surface area contributed by atoms with Gasteiger partial charge in [-0.05, 0) is 49.6 Å². The molecule has 0 aliphatic rings. The Morgan fingerprint density at radius 1 is 0.762 bits per heavy atom. The molecule has 4 N–H and O–H groups in total. The van der Waals surface area contributed by atoms with Crippen molar-refractivity contribution in [2.24, 2.45) is 0 Å². The molecule has 0 saturated carbocycles. The molecule has 0 saturated heterocycles. The van der Waals surface area contributed by atoms with E-state index in [2.05, 4.69) is 0 Å². The Hall–Kier alpha value is -2.10. The Morgan fingerprint density at radius 2 is 1.29 bits per heavy atom. The predicted molar refractivity (Wildman–Crippen MR) is 87.2 cm³/mol. The maximum Gasteiger partial charge on any atom is 0.146 e. The molecule has 21 heavy (non-hydrogen) atoms. The minimum Gasteiger partial charge on any atom is -0.396 e. The van der Waals surface area contributed by atoms with Gasteiger partial charge in [-0.2, -0.15) is 0 Å². The average molecular weight is 294 g/mol. The maximum absolute atomic E-state index is 12.7. The highest BCUT2D eigenvalue weighted by Crippen LogP contribution is 2.16. The Labute approximate surface area is 125 Å². The zero-order chi connectivity index (χ0) is 16.6. The van der Waals surface area contributed by atoms with Crippen molar-refractivity contribution >= 4 is 11.4 Å². The van der Waals surface area contributed by atoms with Crippen LogP contribution in [0, 0.1) is 32.4 Å². The summed E-state index contributed by atoms with van der Waals surface area (Å²) in [4.78, 5) is 0. The molecular formula is C17H24F2N2. The second kappa shape index (κ2) is 8.95. The number of benzene rings is 2. The van der Waals surface area contributed by atoms with Crippen LogP contribution in [-0.2, 0) is 0 Å². The molecule has 2 nitrogen and oxygen atoms in total. The van der Waals surface area contributed by atoms with Crippen molar-refractivity contribution in [3.8, 4) is 0 Å². The fourth-order valence-corrected chi connectivity index (χ4v) is 1.57. The minimum absolute atomic E-state index is 0.248. The third-order valence-electron chi connectivity index (χ3n) is 2.75. The predicted octanol–water partition coefficient (Wildman–Crippen LogP) is 4.77. The number of para-hydroxylation sites is 1. The molecule has 116 valence electrons. The van der Waals surface area contributed by atoms with Gasteiger partial charge in [-0.3, -0.25) is 0 Å². The van der Waals surface area contributed by atoms with Crippen LogP contribution in [0.25, 0.3) is 0 Å². The molecule has 2 aromatic rings. The van der Waals surface area contributed by atoms with Crippen LogP contribution in [0.4, 0.5) is 20.2 Å². The third kappa shape index (κ3) is 5.81. The van der Waals surface area contributed by atoms with Crippen LogP contribution in [0.1, 0.15) is 30.5 Å². The molecule has 0 aliphatic heterocycles. The van der Waals surface area contributed by atoms with Crippen LogP contribution in [0.15, 0.2) is 30.3 Å². The highest BCUT2D eigenvalue weighted by atomic mass is 19.1. The van der Waals surface area contributed by atoms with Crippen molar-refractivity contribution in [2.75, 3.05) is 11.5 Å². The second-order valence-electron chi connectivity index (χ2n) is 4.45. The fraction of sp³-hybridized carbons (Fsp3) is 0.294. The molecule has 0 bridgehead atoms. The Bertz CT molecular complexity index is 538. The summed E-state index contributed by atoms with van der Waals surface area (Å²) in [5, 5.41) is 0. The standard InChI is InChI=1S/C8H10FN.C7H8FN.C2H6/c1-5-3-6(2)8(10)7(9)4-5;1-5-3-2-4-6(8)7(5)9;1-2/h3-4H,10H2,1-2H3;2-4H,9H2,1H3;1-2H3. The summed E-state index contributed by atoms with van der Waals surface area (Å²) >= 11 is 0. The Morgan fingerprint density at radius 3 is 1.71 bits per heavy atom. The SMILES string of the molecule is CC.Cc1cc(C)c(N)c(F)c1.Cc1cccc(F)c1N. The lowest BCUT2D eigenvalue weighted by Crippen LogP contribution is -1.94. The molecule has 0 aromatic heterocycles. The lowest BCUT2D eigenvalue weighted by molar-refractivity contribution is 0.630. The first kappa shape index (κ1) is 18.9. The minimum atomic E-state index is -0.338. The summed E-state index contributed by atoms with van der Waals surface area (Å²) in [5.41, 5.74) is 13.7. The van der Waals surface area contributed by atoms with Crippen LogP contribution in [0.5, 0.6) is 0 Å². The van der Waals surface area contributed by atoms with Crippen molar-refractivity contribution in [3.05, 3.63) is 58.7 Å². The lowest BCUT2D eigenvalue weighted by Gasteiger charge is -2.01. The van der Waals surface area contributed by atoms with E-state index in [1.165, 1.54) is 12.1 Å². The molecule has 0 fully saturated rings. The number of halogens is 2. The van der Waals surface area contributed by atoms with Gasteiger partial charge < -0.3 is 11.5 Å². The van der Waals surface area contributed by atoms with E-state index in [0.29, 0.717) is 0 Å². The summed E-state index contributed by atoms with van der Waals surface area (Å²) in [6.07, 6.45) is 0. The van der Waals surface area contributed by atoms with Gasteiger partial charge in [0.25, 0.3) is 0 Å². The van der Waals surface area contributed by atoms with Gasteiger partial charge >= 0.3 is 0 Å². The van der Waals surface area contributed by atoms with Crippen LogP contribution in [-0.4, -0.2) is 0 Å². The van der Waals surface area contributed by atoms with E-state index in [1.807, 2.05) is 26.8 Å². The molecule has 0 aliphatic carbocycles. The molecule has 0 heterocycles. The van der Waals surface area contributed by atoms with Crippen molar-refractivity contribution < 1.29 is 8.78 Å². The van der Waals surface area contributed by atoms with Gasteiger partial charge in [0, 0.05) is 0 Å². The topological polar surface area (TPSA) is 52.0 Å². The van der Waals surface area contributed by atoms with E-state index in [-0.39, 0.29) is 23.0 Å². The molecule has 0 spiro atoms. The van der Waals surface area contributed by atoms with Crippen LogP contribution in [0.3, 0.4) is 0 Å². The van der Waals surface area contributed by atoms with Gasteiger partial charge in [-0.25, -0.2) is 8.78 Å². The Balaban J connectivity index is 0.000000342. The summed E-state index contributed by atoms with van der Waals surface area (Å²) in [6, 6.07) is 8.06. The highest BCUT2D eigenvalue weighted by Gasteiger charge is 2.00. The number of nitrogen functional groups attached to an aromatic ring is 2. The summed E-state index contributed by atoms with van der Waals surface area (Å²) in [6.45, 7) is 9.42. The van der Waals surface area contributed by atoms with Gasteiger partial charge in [0.15, 0.2) is 0 Å². The van der Waals surface area contributed by atoms with E-state index in [9.17, 15) is 8.78 Å². The van der Waals surface area contributed by atoms with Crippen molar-refractivity contribution in [2.45, 2.75) is 34.6 Å². The summed E-state index contributed by atoms with van der Waals surface area (Å²) in [7, 11) is 0. The van der Waals surface area contributed by atoms with Crippen LogP contribution in [0.2, 0.25) is 0 Å². The fourth-order valence-electron chi connectivity index (χ4n) is 1.57. The van der Waals surface area contributed by atoms with Gasteiger partial charge in [-0.1, -0.05) is 32.0 Å². The number of hydrogen-bond acceptors (Lipinski definition) is 2. The van der Waals surface area contributed by atoms with E-state index < -0.39 is 0 Å². The number of anilines is 2. The first-order valence-electron chi connectivity index (χ1n) is 6.85. The third-order valence-corrected chi connectivity index (χ3v) is 2.75. The van der Waals surface area contributed by atoms with E-state index in [4.69, 9.17) is 11.5 Å². The zero-order valence-corrected chi connectivity index (χ0v) is 13.3. The average Bonchev–Trinajstić information content (AvgIpc) is 2.45. The summed E-state index contributed by atoms with van der Waals surface area (Å²) < 4.78 is 25.2. The van der Waals surface area contributed by atoms with E-state index in [1.54, 1.807) is 26.0 Å². The molecule has 0 unspecified atom stereocenters. The normalized spacial score (nSPS) is 9.10. The number of aryl methyl sites for hydroxylation is 3. The zero-order valence-electron chi connectivity index (χ0n) is 13.3. The molecule has 0 amide bonds. The van der Waals surface area contributed by atoms with Gasteiger partial charge in [0.1, 0.15) is 11.6 Å². The lowest BCUT2D eigenvalue weighted by atomic mass is 10.1. The highest BCUT2D eigenvalue weighted by molar-refractivity contribution is 5.49. The van der Waals surface area contributed by atoms with Gasteiger partial charge in [0.2, 0.25) is 0 Å². The largest absolute Gasteiger partial charge is 0.396 e. The van der Waals surface area contributed by atoms with Crippen molar-refractivity contribution in [1.82, 2.24) is 0 Å². The molecule has 2 aromatic carbocycles. The molecule has 0 atom stereocenters. The molecule has 2 rings (SSSR count). The molecular weight excluding hydrogens is 270 g/mol. The second-order valence-corrected chi connectivity index (χ2v) is 4.45. The van der Waals surface area contributed by atoms with E-state index >= 15 is 0 Å². The van der Waals surface area contributed by atoms with Crippen molar-refractivity contribution in [1.29, 1.82) is 0 Å². The number of hydrogen-bond donors (Lipinski definition) is 2. The smallest absolute Gasteiger partial charge is 0.146 e. The van der Waals surface area contributed by atoms with Gasteiger partial charge in [0.05, 0.1) is 11.4 Å². The first-order chi connectivity index (χ1) is 9.82. The van der Waals surface area contributed by atoms with Crippen molar-refractivity contribution in [3.63, 3.8) is 0 Å². The van der Waals surface area contributed by atoms with Crippen LogP contribution < -0.4 is 11.5 Å². The number of nitrogens with two attached hydrogens (primary N) is 2.